The smallest absolute Gasteiger partial charge is 0.257 e. The van der Waals surface area contributed by atoms with Gasteiger partial charge < -0.3 is 10.3 Å². The van der Waals surface area contributed by atoms with Crippen LogP contribution in [0, 0.1) is 12.3 Å². The number of carbonyl (C=O) groups is 1. The Bertz CT molecular complexity index is 1050. The molecule has 0 amide bonds. The van der Waals surface area contributed by atoms with Crippen LogP contribution < -0.4 is 10.9 Å². The number of hydrogen-bond acceptors (Lipinski definition) is 6. The Morgan fingerprint density at radius 1 is 1.25 bits per heavy atom. The molecule has 0 saturated carbocycles. The van der Waals surface area contributed by atoms with Crippen molar-refractivity contribution in [2.24, 2.45) is 5.41 Å². The molecule has 3 heterocycles. The van der Waals surface area contributed by atoms with E-state index in [9.17, 15) is 9.59 Å². The molecule has 28 heavy (non-hydrogen) atoms. The van der Waals surface area contributed by atoms with Crippen molar-refractivity contribution in [1.29, 1.82) is 0 Å². The van der Waals surface area contributed by atoms with Gasteiger partial charge in [-0.2, -0.15) is 0 Å². The first-order valence-electron chi connectivity index (χ1n) is 9.55. The molecule has 0 bridgehead atoms. The Kier molecular flexibility index (Phi) is 4.78. The number of thioether (sulfide) groups is 1. The Balaban J connectivity index is 1.93. The fourth-order valence-electron chi connectivity index (χ4n) is 4.07. The van der Waals surface area contributed by atoms with Crippen LogP contribution in [0.1, 0.15) is 61.8 Å². The number of thiophene rings is 1. The largest absolute Gasteiger partial charge is 0.343 e. The summed E-state index contributed by atoms with van der Waals surface area (Å²) in [7, 11) is 0. The van der Waals surface area contributed by atoms with Crippen molar-refractivity contribution in [3.8, 4) is 0 Å². The summed E-state index contributed by atoms with van der Waals surface area (Å²) in [4.78, 5) is 36.1. The molecule has 0 radical (unpaired) electrons. The van der Waals surface area contributed by atoms with Crippen LogP contribution in [0.15, 0.2) is 33.4 Å². The van der Waals surface area contributed by atoms with E-state index in [0.29, 0.717) is 28.2 Å². The van der Waals surface area contributed by atoms with Gasteiger partial charge in [-0.15, -0.1) is 11.3 Å². The molecule has 0 fully saturated rings. The molecule has 2 aromatic heterocycles. The van der Waals surface area contributed by atoms with Crippen LogP contribution in [0.5, 0.6) is 0 Å². The highest BCUT2D eigenvalue weighted by Gasteiger charge is 2.42. The van der Waals surface area contributed by atoms with E-state index in [1.54, 1.807) is 11.3 Å². The third kappa shape index (κ3) is 3.46. The lowest BCUT2D eigenvalue weighted by Gasteiger charge is -2.38. The van der Waals surface area contributed by atoms with Crippen LogP contribution in [-0.4, -0.2) is 21.0 Å². The Labute approximate surface area is 173 Å². The molecular weight excluding hydrogens is 390 g/mol. The number of anilines is 1. The molecule has 5 nitrogen and oxygen atoms in total. The summed E-state index contributed by atoms with van der Waals surface area (Å²) in [5.41, 5.74) is 1.95. The van der Waals surface area contributed by atoms with Gasteiger partial charge in [-0.05, 0) is 30.9 Å². The number of aromatic nitrogens is 2. The molecule has 1 aliphatic carbocycles. The van der Waals surface area contributed by atoms with Gasteiger partial charge in [-0.1, -0.05) is 39.5 Å². The van der Waals surface area contributed by atoms with Crippen LogP contribution >= 0.6 is 23.1 Å². The second-order valence-corrected chi connectivity index (χ2v) is 11.5. The highest BCUT2D eigenvalue weighted by atomic mass is 32.2. The molecule has 2 aromatic rings. The van der Waals surface area contributed by atoms with E-state index >= 15 is 0 Å². The van der Waals surface area contributed by atoms with Gasteiger partial charge >= 0.3 is 0 Å². The molecular formula is C21H25N3O2S2. The van der Waals surface area contributed by atoms with E-state index in [-0.39, 0.29) is 22.7 Å². The summed E-state index contributed by atoms with van der Waals surface area (Å²) >= 11 is 3.17. The van der Waals surface area contributed by atoms with E-state index in [1.165, 1.54) is 11.8 Å². The second-order valence-electron chi connectivity index (χ2n) is 8.64. The molecule has 148 valence electrons. The Morgan fingerprint density at radius 2 is 2.00 bits per heavy atom. The molecule has 4 rings (SSSR count). The second kappa shape index (κ2) is 6.88. The zero-order valence-corrected chi connectivity index (χ0v) is 18.4. The highest BCUT2D eigenvalue weighted by Crippen LogP contribution is 2.48. The van der Waals surface area contributed by atoms with Crippen molar-refractivity contribution in [1.82, 2.24) is 9.97 Å². The maximum Gasteiger partial charge on any atom is 0.257 e. The number of ketones is 1. The average molecular weight is 416 g/mol. The van der Waals surface area contributed by atoms with Gasteiger partial charge in [0.25, 0.3) is 5.56 Å². The van der Waals surface area contributed by atoms with E-state index in [0.717, 1.165) is 27.4 Å². The first-order chi connectivity index (χ1) is 13.1. The van der Waals surface area contributed by atoms with Crippen molar-refractivity contribution >= 4 is 34.7 Å². The number of H-pyrrole nitrogens is 1. The minimum atomic E-state index is -0.345. The van der Waals surface area contributed by atoms with Crippen molar-refractivity contribution in [2.45, 2.75) is 63.8 Å². The predicted molar refractivity (Wildman–Crippen MR) is 115 cm³/mol. The number of aromatic amines is 1. The molecule has 1 aliphatic heterocycles. The lowest BCUT2D eigenvalue weighted by atomic mass is 9.70. The molecule has 0 saturated heterocycles. The van der Waals surface area contributed by atoms with Gasteiger partial charge in [0, 0.05) is 32.7 Å². The number of nitrogens with one attached hydrogen (secondary N) is 2. The van der Waals surface area contributed by atoms with Gasteiger partial charge in [-0.25, -0.2) is 4.98 Å². The van der Waals surface area contributed by atoms with Crippen LogP contribution in [0.25, 0.3) is 0 Å². The average Bonchev–Trinajstić information content (AvgIpc) is 2.97. The summed E-state index contributed by atoms with van der Waals surface area (Å²) < 4.78 is 0. The van der Waals surface area contributed by atoms with Gasteiger partial charge in [0.1, 0.15) is 5.82 Å². The first kappa shape index (κ1) is 19.5. The maximum atomic E-state index is 13.1. The van der Waals surface area contributed by atoms with Crippen LogP contribution in [0.2, 0.25) is 0 Å². The molecule has 0 spiro atoms. The third-order valence-electron chi connectivity index (χ3n) is 5.09. The van der Waals surface area contributed by atoms with Crippen LogP contribution in [0.3, 0.4) is 0 Å². The monoisotopic (exact) mass is 415 g/mol. The van der Waals surface area contributed by atoms with Crippen molar-refractivity contribution in [3.63, 3.8) is 0 Å². The van der Waals surface area contributed by atoms with E-state index in [4.69, 9.17) is 4.98 Å². The number of Topliss-reactive ketones (excluding diaryl/α,β-unsaturated/α-hetero) is 1. The van der Waals surface area contributed by atoms with Gasteiger partial charge in [0.2, 0.25) is 0 Å². The number of allylic oxidation sites excluding steroid dienone is 2. The lowest BCUT2D eigenvalue weighted by Crippen LogP contribution is -2.36. The Hall–Kier alpha value is -1.86. The molecule has 2 aliphatic rings. The van der Waals surface area contributed by atoms with E-state index < -0.39 is 0 Å². The maximum absolute atomic E-state index is 13.1. The molecule has 1 atom stereocenters. The summed E-state index contributed by atoms with van der Waals surface area (Å²) in [6.07, 6.45) is 1.27. The quantitative estimate of drug-likeness (QED) is 0.554. The Morgan fingerprint density at radius 3 is 2.64 bits per heavy atom. The summed E-state index contributed by atoms with van der Waals surface area (Å²) in [5, 5.41) is 4.28. The van der Waals surface area contributed by atoms with Crippen LogP contribution in [-0.2, 0) is 4.79 Å². The van der Waals surface area contributed by atoms with Crippen molar-refractivity contribution < 1.29 is 4.79 Å². The molecule has 0 unspecified atom stereocenters. The zero-order chi connectivity index (χ0) is 20.2. The normalized spacial score (nSPS) is 20.8. The summed E-state index contributed by atoms with van der Waals surface area (Å²) in [6, 6.07) is 4.08. The minimum absolute atomic E-state index is 0.104. The molecule has 2 N–H and O–H groups in total. The minimum Gasteiger partial charge on any atom is -0.343 e. The standard InChI is InChI=1S/C21H25N3O2S2/c1-10(2)27-20-23-18-17(19(26)24-20)16(14-7-6-11(3)28-14)15-12(22-18)8-21(4,5)9-13(15)25/h6-7,10,16H,8-9H2,1-5H3,(H2,22,23,24,26)/t16-/m1/s1. The summed E-state index contributed by atoms with van der Waals surface area (Å²) in [6.45, 7) is 10.4. The van der Waals surface area contributed by atoms with Crippen LogP contribution in [0.4, 0.5) is 5.82 Å². The zero-order valence-electron chi connectivity index (χ0n) is 16.8. The van der Waals surface area contributed by atoms with Crippen molar-refractivity contribution in [2.75, 3.05) is 5.32 Å². The summed E-state index contributed by atoms with van der Waals surface area (Å²) in [5.74, 6) is 0.371. The van der Waals surface area contributed by atoms with Gasteiger partial charge in [0.05, 0.1) is 11.5 Å². The number of fused-ring (bicyclic) bond motifs is 1. The van der Waals surface area contributed by atoms with Gasteiger partial charge in [0.15, 0.2) is 10.9 Å². The van der Waals surface area contributed by atoms with Gasteiger partial charge in [-0.3, -0.25) is 9.59 Å². The predicted octanol–water partition coefficient (Wildman–Crippen LogP) is 4.84. The topological polar surface area (TPSA) is 74.8 Å². The molecule has 7 heteroatoms. The van der Waals surface area contributed by atoms with E-state index in [1.807, 2.05) is 19.1 Å². The number of nitrogens with zero attached hydrogens (tertiary/aromatic N) is 1. The van der Waals surface area contributed by atoms with E-state index in [2.05, 4.69) is 38.0 Å². The number of hydrogen-bond donors (Lipinski definition) is 2. The fraction of sp³-hybridized carbons (Fsp3) is 0.476. The third-order valence-corrected chi connectivity index (χ3v) is 7.05. The highest BCUT2D eigenvalue weighted by molar-refractivity contribution is 7.99. The number of carbonyl (C=O) groups excluding carboxylic acids is 1. The molecule has 0 aromatic carbocycles. The first-order valence-corrected chi connectivity index (χ1v) is 11.2. The number of rotatable bonds is 3. The SMILES string of the molecule is Cc1ccc([C@@H]2C3=C(CC(C)(C)CC3=O)Nc3nc(SC(C)C)[nH]c(=O)c32)s1. The van der Waals surface area contributed by atoms with Crippen molar-refractivity contribution in [3.05, 3.63) is 49.1 Å². The lowest BCUT2D eigenvalue weighted by molar-refractivity contribution is -0.118. The number of aryl methyl sites for hydroxylation is 1. The fourth-order valence-corrected chi connectivity index (χ4v) is 5.81.